The fourth-order valence-electron chi connectivity index (χ4n) is 2.89. The molecule has 0 unspecified atom stereocenters. The van der Waals surface area contributed by atoms with Gasteiger partial charge in [-0.15, -0.1) is 0 Å². The Bertz CT molecular complexity index is 835. The summed E-state index contributed by atoms with van der Waals surface area (Å²) in [5, 5.41) is 3.95. The van der Waals surface area contributed by atoms with Crippen molar-refractivity contribution in [3.63, 3.8) is 0 Å². The predicted molar refractivity (Wildman–Crippen MR) is 116 cm³/mol. The van der Waals surface area contributed by atoms with Crippen LogP contribution in [0.4, 0.5) is 4.39 Å². The van der Waals surface area contributed by atoms with Crippen molar-refractivity contribution < 1.29 is 18.7 Å². The first-order valence-corrected chi connectivity index (χ1v) is 10.5. The molecular weight excluding hydrogens is 383 g/mol. The number of nitrogens with one attached hydrogen (secondary N) is 1. The van der Waals surface area contributed by atoms with Crippen LogP contribution in [-0.2, 0) is 4.79 Å². The third-order valence-corrected chi connectivity index (χ3v) is 4.59. The Morgan fingerprint density at radius 3 is 2.33 bits per heavy atom. The number of rotatable bonds is 12. The van der Waals surface area contributed by atoms with Gasteiger partial charge in [0.1, 0.15) is 11.6 Å². The van der Waals surface area contributed by atoms with E-state index in [2.05, 4.69) is 17.5 Å². The maximum atomic E-state index is 13.6. The summed E-state index contributed by atoms with van der Waals surface area (Å²) in [6.45, 7) is 2.20. The molecule has 0 aromatic heterocycles. The van der Waals surface area contributed by atoms with Gasteiger partial charge in [-0.2, -0.15) is 5.10 Å². The number of hydrogen-bond donors (Lipinski definition) is 1. The monoisotopic (exact) mass is 412 g/mol. The van der Waals surface area contributed by atoms with Gasteiger partial charge in [-0.3, -0.25) is 4.79 Å². The van der Waals surface area contributed by atoms with E-state index in [0.29, 0.717) is 12.2 Å². The van der Waals surface area contributed by atoms with E-state index in [1.54, 1.807) is 30.3 Å². The summed E-state index contributed by atoms with van der Waals surface area (Å²) in [7, 11) is 0. The average molecular weight is 413 g/mol. The third kappa shape index (κ3) is 8.55. The van der Waals surface area contributed by atoms with E-state index >= 15 is 0 Å². The molecule has 2 aromatic rings. The summed E-state index contributed by atoms with van der Waals surface area (Å²) >= 11 is 0. The minimum absolute atomic E-state index is 0.102. The highest BCUT2D eigenvalue weighted by Gasteiger charge is 2.13. The van der Waals surface area contributed by atoms with Crippen molar-refractivity contribution in [3.8, 4) is 5.75 Å². The number of nitrogens with zero attached hydrogens (tertiary/aromatic N) is 1. The summed E-state index contributed by atoms with van der Waals surface area (Å²) in [5.41, 5.74) is 3.13. The highest BCUT2D eigenvalue weighted by Crippen LogP contribution is 2.15. The second-order valence-corrected chi connectivity index (χ2v) is 7.10. The molecular formula is C24H29FN2O3. The smallest absolute Gasteiger partial charge is 0.346 e. The lowest BCUT2D eigenvalue weighted by atomic mass is 10.1. The van der Waals surface area contributed by atoms with Gasteiger partial charge in [0, 0.05) is 6.42 Å². The number of benzene rings is 2. The van der Waals surface area contributed by atoms with Crippen molar-refractivity contribution in [2.45, 2.75) is 58.3 Å². The minimum Gasteiger partial charge on any atom is -0.423 e. The lowest BCUT2D eigenvalue weighted by Gasteiger charge is -2.05. The number of hydrogen-bond acceptors (Lipinski definition) is 4. The van der Waals surface area contributed by atoms with E-state index in [1.165, 1.54) is 56.5 Å². The molecule has 5 nitrogen and oxygen atoms in total. The van der Waals surface area contributed by atoms with Crippen molar-refractivity contribution in [1.82, 2.24) is 5.43 Å². The number of esters is 1. The number of halogens is 1. The van der Waals surface area contributed by atoms with Crippen LogP contribution in [-0.4, -0.2) is 18.1 Å². The van der Waals surface area contributed by atoms with Gasteiger partial charge in [-0.05, 0) is 48.4 Å². The maximum Gasteiger partial charge on any atom is 0.346 e. The quantitative estimate of drug-likeness (QED) is 0.161. The van der Waals surface area contributed by atoms with Crippen LogP contribution in [0.5, 0.6) is 5.75 Å². The largest absolute Gasteiger partial charge is 0.423 e. The Hall–Kier alpha value is -3.02. The molecule has 1 amide bonds. The molecule has 6 heteroatoms. The minimum atomic E-state index is -0.757. The van der Waals surface area contributed by atoms with Gasteiger partial charge in [-0.1, -0.05) is 57.6 Å². The second kappa shape index (κ2) is 13.2. The molecule has 0 saturated carbocycles. The topological polar surface area (TPSA) is 67.8 Å². The molecule has 2 aromatic carbocycles. The van der Waals surface area contributed by atoms with Crippen molar-refractivity contribution >= 4 is 18.1 Å². The summed E-state index contributed by atoms with van der Waals surface area (Å²) < 4.78 is 18.8. The van der Waals surface area contributed by atoms with Crippen LogP contribution in [0.25, 0.3) is 0 Å². The molecule has 0 aliphatic heterocycles. The highest BCUT2D eigenvalue weighted by molar-refractivity contribution is 5.91. The van der Waals surface area contributed by atoms with E-state index < -0.39 is 11.8 Å². The van der Waals surface area contributed by atoms with Crippen LogP contribution in [0.15, 0.2) is 53.6 Å². The molecule has 0 radical (unpaired) electrons. The lowest BCUT2D eigenvalue weighted by molar-refractivity contribution is -0.121. The highest BCUT2D eigenvalue weighted by atomic mass is 19.1. The molecule has 1 N–H and O–H groups in total. The fraction of sp³-hybridized carbons (Fsp3) is 0.375. The Labute approximate surface area is 177 Å². The molecule has 160 valence electrons. The Kier molecular flexibility index (Phi) is 10.3. The molecule has 30 heavy (non-hydrogen) atoms. The predicted octanol–water partition coefficient (Wildman–Crippen LogP) is 5.64. The molecule has 0 atom stereocenters. The number of unbranched alkanes of at least 4 members (excludes halogenated alkanes) is 6. The molecule has 0 aliphatic rings. The Morgan fingerprint density at radius 1 is 0.967 bits per heavy atom. The normalized spacial score (nSPS) is 10.9. The second-order valence-electron chi connectivity index (χ2n) is 7.10. The Morgan fingerprint density at radius 2 is 1.63 bits per heavy atom. The van der Waals surface area contributed by atoms with Gasteiger partial charge in [-0.25, -0.2) is 14.6 Å². The van der Waals surface area contributed by atoms with Gasteiger partial charge in [0.2, 0.25) is 5.91 Å². The SMILES string of the molecule is CCCCCCCCCC(=O)N/N=C/c1ccc(OC(=O)c2ccccc2F)cc1. The first-order valence-electron chi connectivity index (χ1n) is 10.5. The third-order valence-electron chi connectivity index (χ3n) is 4.59. The van der Waals surface area contributed by atoms with Crippen molar-refractivity contribution in [2.75, 3.05) is 0 Å². The molecule has 0 saturated heterocycles. The van der Waals surface area contributed by atoms with Crippen molar-refractivity contribution in [2.24, 2.45) is 5.10 Å². The Balaban J connectivity index is 1.70. The lowest BCUT2D eigenvalue weighted by Crippen LogP contribution is -2.16. The molecule has 0 fully saturated rings. The van der Waals surface area contributed by atoms with Gasteiger partial charge in [0.05, 0.1) is 11.8 Å². The van der Waals surface area contributed by atoms with Gasteiger partial charge >= 0.3 is 5.97 Å². The van der Waals surface area contributed by atoms with Crippen molar-refractivity contribution in [1.29, 1.82) is 0 Å². The summed E-state index contributed by atoms with van der Waals surface area (Å²) in [6.07, 6.45) is 10.1. The first kappa shape index (κ1) is 23.3. The average Bonchev–Trinajstić information content (AvgIpc) is 2.74. The zero-order valence-electron chi connectivity index (χ0n) is 17.4. The van der Waals surface area contributed by atoms with E-state index in [4.69, 9.17) is 4.74 Å². The molecule has 0 bridgehead atoms. The number of carbonyl (C=O) groups is 2. The van der Waals surface area contributed by atoms with E-state index in [0.717, 1.165) is 18.4 Å². The zero-order chi connectivity index (χ0) is 21.6. The zero-order valence-corrected chi connectivity index (χ0v) is 17.4. The van der Waals surface area contributed by atoms with E-state index in [-0.39, 0.29) is 11.5 Å². The standard InChI is InChI=1S/C24H29FN2O3/c1-2-3-4-5-6-7-8-13-23(28)27-26-18-19-14-16-20(17-15-19)30-24(29)21-11-9-10-12-22(21)25/h9-12,14-18H,2-8,13H2,1H3,(H,27,28)/b26-18+. The number of ether oxygens (including phenoxy) is 1. The number of hydrazone groups is 1. The molecule has 0 heterocycles. The molecule has 0 spiro atoms. The van der Waals surface area contributed by atoms with E-state index in [1.807, 2.05) is 0 Å². The van der Waals surface area contributed by atoms with Gasteiger partial charge in [0.15, 0.2) is 0 Å². The fourth-order valence-corrected chi connectivity index (χ4v) is 2.89. The van der Waals surface area contributed by atoms with Crippen LogP contribution >= 0.6 is 0 Å². The maximum absolute atomic E-state index is 13.6. The molecule has 0 aliphatic carbocycles. The van der Waals surface area contributed by atoms with Gasteiger partial charge < -0.3 is 4.74 Å². The summed E-state index contributed by atoms with van der Waals surface area (Å²) in [4.78, 5) is 23.8. The molecule has 2 rings (SSSR count). The summed E-state index contributed by atoms with van der Waals surface area (Å²) in [6, 6.07) is 12.2. The van der Waals surface area contributed by atoms with Crippen LogP contribution < -0.4 is 10.2 Å². The number of carbonyl (C=O) groups excluding carboxylic acids is 2. The van der Waals surface area contributed by atoms with E-state index in [9.17, 15) is 14.0 Å². The first-order chi connectivity index (χ1) is 14.6. The van der Waals surface area contributed by atoms with Crippen LogP contribution in [0.3, 0.4) is 0 Å². The van der Waals surface area contributed by atoms with Crippen LogP contribution in [0.2, 0.25) is 0 Å². The summed E-state index contributed by atoms with van der Waals surface area (Å²) in [5.74, 6) is -1.19. The van der Waals surface area contributed by atoms with Crippen LogP contribution in [0.1, 0.15) is 74.2 Å². The van der Waals surface area contributed by atoms with Crippen molar-refractivity contribution in [3.05, 3.63) is 65.5 Å². The van der Waals surface area contributed by atoms with Gasteiger partial charge in [0.25, 0.3) is 0 Å². The number of amides is 1. The van der Waals surface area contributed by atoms with Crippen LogP contribution in [0, 0.1) is 5.82 Å².